The Morgan fingerprint density at radius 1 is 0.950 bits per heavy atom. The molecule has 4 nitrogen and oxygen atoms in total. The third kappa shape index (κ3) is 3.59. The van der Waals surface area contributed by atoms with Crippen molar-refractivity contribution in [2.45, 2.75) is 4.90 Å². The van der Waals surface area contributed by atoms with E-state index in [0.29, 0.717) is 18.0 Å². The van der Waals surface area contributed by atoms with Crippen LogP contribution in [0.4, 0.5) is 0 Å². The average molecular weight is 291 g/mol. The van der Waals surface area contributed by atoms with Gasteiger partial charge in [0.1, 0.15) is 12.4 Å². The zero-order valence-electron chi connectivity index (χ0n) is 11.3. The van der Waals surface area contributed by atoms with Gasteiger partial charge in [0.2, 0.25) is 10.0 Å². The minimum absolute atomic E-state index is 0.294. The molecule has 106 valence electrons. The highest BCUT2D eigenvalue weighted by Crippen LogP contribution is 2.13. The number of ether oxygens (including phenoxy) is 1. The fraction of sp³-hybridized carbons (Fsp3) is 0.200. The standard InChI is InChI=1S/C15H17NO3S/c1-16(12-13-19-14-8-4-2-5-9-14)20(17,18)15-10-6-3-7-11-15/h2-11H,12-13H2,1H3. The molecule has 0 spiro atoms. The number of benzene rings is 2. The van der Waals surface area contributed by atoms with Crippen LogP contribution < -0.4 is 4.74 Å². The third-order valence-electron chi connectivity index (χ3n) is 2.87. The molecule has 0 amide bonds. The summed E-state index contributed by atoms with van der Waals surface area (Å²) in [4.78, 5) is 0.294. The van der Waals surface area contributed by atoms with Crippen molar-refractivity contribution in [3.05, 3.63) is 60.7 Å². The van der Waals surface area contributed by atoms with Gasteiger partial charge in [-0.25, -0.2) is 8.42 Å². The molecule has 2 rings (SSSR count). The summed E-state index contributed by atoms with van der Waals surface area (Å²) >= 11 is 0. The van der Waals surface area contributed by atoms with Gasteiger partial charge < -0.3 is 4.74 Å². The summed E-state index contributed by atoms with van der Waals surface area (Å²) in [6.07, 6.45) is 0. The lowest BCUT2D eigenvalue weighted by Crippen LogP contribution is -2.30. The van der Waals surface area contributed by atoms with Crippen molar-refractivity contribution in [2.24, 2.45) is 0 Å². The molecule has 0 aliphatic carbocycles. The minimum Gasteiger partial charge on any atom is -0.492 e. The summed E-state index contributed by atoms with van der Waals surface area (Å²) < 4.78 is 31.3. The van der Waals surface area contributed by atoms with Crippen molar-refractivity contribution >= 4 is 10.0 Å². The van der Waals surface area contributed by atoms with E-state index in [1.165, 1.54) is 4.31 Å². The predicted molar refractivity (Wildman–Crippen MR) is 78.2 cm³/mol. The number of para-hydroxylation sites is 1. The zero-order valence-corrected chi connectivity index (χ0v) is 12.1. The molecule has 0 heterocycles. The van der Waals surface area contributed by atoms with Crippen molar-refractivity contribution in [1.29, 1.82) is 0 Å². The lowest BCUT2D eigenvalue weighted by molar-refractivity contribution is 0.287. The summed E-state index contributed by atoms with van der Waals surface area (Å²) in [5.41, 5.74) is 0. The smallest absolute Gasteiger partial charge is 0.242 e. The minimum atomic E-state index is -3.44. The maximum atomic E-state index is 12.2. The quantitative estimate of drug-likeness (QED) is 0.821. The largest absolute Gasteiger partial charge is 0.492 e. The molecule has 0 N–H and O–H groups in total. The van der Waals surface area contributed by atoms with Gasteiger partial charge in [0.15, 0.2) is 0 Å². The Bertz CT molecular complexity index is 627. The Kier molecular flexibility index (Phi) is 4.76. The lowest BCUT2D eigenvalue weighted by Gasteiger charge is -2.17. The van der Waals surface area contributed by atoms with E-state index in [0.717, 1.165) is 5.75 Å². The number of hydrogen-bond donors (Lipinski definition) is 0. The molecule has 0 aliphatic rings. The lowest BCUT2D eigenvalue weighted by atomic mass is 10.3. The van der Waals surface area contributed by atoms with Crippen molar-refractivity contribution < 1.29 is 13.2 Å². The van der Waals surface area contributed by atoms with Crippen molar-refractivity contribution in [2.75, 3.05) is 20.2 Å². The second-order valence-corrected chi connectivity index (χ2v) is 6.35. The van der Waals surface area contributed by atoms with Crippen LogP contribution in [0.15, 0.2) is 65.6 Å². The van der Waals surface area contributed by atoms with E-state index in [2.05, 4.69) is 0 Å². The Hall–Kier alpha value is -1.85. The van der Waals surface area contributed by atoms with Crippen molar-refractivity contribution in [3.63, 3.8) is 0 Å². The van der Waals surface area contributed by atoms with Crippen LogP contribution in [0.5, 0.6) is 5.75 Å². The van der Waals surface area contributed by atoms with Gasteiger partial charge in [-0.2, -0.15) is 4.31 Å². The second-order valence-electron chi connectivity index (χ2n) is 4.30. The molecule has 2 aromatic carbocycles. The fourth-order valence-electron chi connectivity index (χ4n) is 1.70. The highest BCUT2D eigenvalue weighted by Gasteiger charge is 2.19. The summed E-state index contributed by atoms with van der Waals surface area (Å²) in [7, 11) is -1.89. The fourth-order valence-corrected chi connectivity index (χ4v) is 2.88. The molecule has 2 aromatic rings. The summed E-state index contributed by atoms with van der Waals surface area (Å²) in [5, 5.41) is 0. The first-order valence-corrected chi connectivity index (χ1v) is 7.74. The van der Waals surface area contributed by atoms with Gasteiger partial charge in [-0.3, -0.25) is 0 Å². The number of nitrogens with zero attached hydrogens (tertiary/aromatic N) is 1. The average Bonchev–Trinajstić information content (AvgIpc) is 2.49. The SMILES string of the molecule is CN(CCOc1ccccc1)S(=O)(=O)c1ccccc1. The number of sulfonamides is 1. The van der Waals surface area contributed by atoms with E-state index in [-0.39, 0.29) is 0 Å². The maximum Gasteiger partial charge on any atom is 0.242 e. The first-order valence-electron chi connectivity index (χ1n) is 6.30. The van der Waals surface area contributed by atoms with Gasteiger partial charge in [0.25, 0.3) is 0 Å². The predicted octanol–water partition coefficient (Wildman–Crippen LogP) is 2.39. The molecule has 0 atom stereocenters. The summed E-state index contributed by atoms with van der Waals surface area (Å²) in [5.74, 6) is 0.734. The van der Waals surface area contributed by atoms with Crippen LogP contribution in [-0.4, -0.2) is 32.9 Å². The van der Waals surface area contributed by atoms with E-state index in [4.69, 9.17) is 4.74 Å². The molecular formula is C15H17NO3S. The molecule has 0 bridgehead atoms. The van der Waals surface area contributed by atoms with E-state index in [1.807, 2.05) is 30.3 Å². The van der Waals surface area contributed by atoms with Gasteiger partial charge in [-0.15, -0.1) is 0 Å². The maximum absolute atomic E-state index is 12.2. The zero-order chi connectivity index (χ0) is 14.4. The Morgan fingerprint density at radius 2 is 1.50 bits per heavy atom. The Balaban J connectivity index is 1.93. The molecule has 0 saturated carbocycles. The van der Waals surface area contributed by atoms with E-state index < -0.39 is 10.0 Å². The van der Waals surface area contributed by atoms with Crippen LogP contribution in [-0.2, 0) is 10.0 Å². The molecule has 0 aliphatic heterocycles. The number of rotatable bonds is 6. The van der Waals surface area contributed by atoms with Crippen LogP contribution in [0.25, 0.3) is 0 Å². The van der Waals surface area contributed by atoms with Crippen LogP contribution in [0.1, 0.15) is 0 Å². The second kappa shape index (κ2) is 6.54. The van der Waals surface area contributed by atoms with Crippen LogP contribution in [0, 0.1) is 0 Å². The molecule has 0 unspecified atom stereocenters. The highest BCUT2D eigenvalue weighted by molar-refractivity contribution is 7.89. The molecule has 0 aromatic heterocycles. The molecule has 0 saturated heterocycles. The van der Waals surface area contributed by atoms with Gasteiger partial charge in [0.05, 0.1) is 4.90 Å². The molecule has 20 heavy (non-hydrogen) atoms. The molecule has 0 radical (unpaired) electrons. The van der Waals surface area contributed by atoms with Crippen molar-refractivity contribution in [1.82, 2.24) is 4.31 Å². The van der Waals surface area contributed by atoms with E-state index in [1.54, 1.807) is 37.4 Å². The molecule has 0 fully saturated rings. The van der Waals surface area contributed by atoms with Gasteiger partial charge >= 0.3 is 0 Å². The van der Waals surface area contributed by atoms with Gasteiger partial charge in [0, 0.05) is 13.6 Å². The van der Waals surface area contributed by atoms with E-state index >= 15 is 0 Å². The Labute approximate surface area is 119 Å². The summed E-state index contributed by atoms with van der Waals surface area (Å²) in [6, 6.07) is 17.7. The first-order chi connectivity index (χ1) is 9.60. The van der Waals surface area contributed by atoms with E-state index in [9.17, 15) is 8.42 Å². The highest BCUT2D eigenvalue weighted by atomic mass is 32.2. The number of likely N-dealkylation sites (N-methyl/N-ethyl adjacent to an activating group) is 1. The van der Waals surface area contributed by atoms with Crippen LogP contribution in [0.2, 0.25) is 0 Å². The monoisotopic (exact) mass is 291 g/mol. The number of hydrogen-bond acceptors (Lipinski definition) is 3. The topological polar surface area (TPSA) is 46.6 Å². The normalized spacial score (nSPS) is 11.5. The van der Waals surface area contributed by atoms with Crippen molar-refractivity contribution in [3.8, 4) is 5.75 Å². The van der Waals surface area contributed by atoms with Gasteiger partial charge in [-0.05, 0) is 24.3 Å². The first kappa shape index (κ1) is 14.6. The van der Waals surface area contributed by atoms with Gasteiger partial charge in [-0.1, -0.05) is 36.4 Å². The van der Waals surface area contributed by atoms with Crippen LogP contribution in [0.3, 0.4) is 0 Å². The Morgan fingerprint density at radius 3 is 2.10 bits per heavy atom. The summed E-state index contributed by atoms with van der Waals surface area (Å²) in [6.45, 7) is 0.610. The third-order valence-corrected chi connectivity index (χ3v) is 4.74. The molecular weight excluding hydrogens is 274 g/mol. The van der Waals surface area contributed by atoms with Crippen LogP contribution >= 0.6 is 0 Å². The molecule has 5 heteroatoms.